The Morgan fingerprint density at radius 1 is 1.12 bits per heavy atom. The molecule has 2 amide bonds. The van der Waals surface area contributed by atoms with Gasteiger partial charge in [0.1, 0.15) is 0 Å². The van der Waals surface area contributed by atoms with E-state index in [4.69, 9.17) is 0 Å². The minimum atomic E-state index is -0.179. The highest BCUT2D eigenvalue weighted by molar-refractivity contribution is 9.10. The molecule has 2 aromatic carbocycles. The van der Waals surface area contributed by atoms with Gasteiger partial charge in [-0.1, -0.05) is 22.0 Å². The second-order valence-electron chi connectivity index (χ2n) is 5.36. The van der Waals surface area contributed by atoms with E-state index in [-0.39, 0.29) is 11.8 Å². The number of hydrogen-bond acceptors (Lipinski definition) is 3. The van der Waals surface area contributed by atoms with Gasteiger partial charge in [0.15, 0.2) is 0 Å². The van der Waals surface area contributed by atoms with Gasteiger partial charge in [-0.05, 0) is 55.3 Å². The summed E-state index contributed by atoms with van der Waals surface area (Å²) >= 11 is 5.01. The van der Waals surface area contributed by atoms with Crippen LogP contribution in [-0.4, -0.2) is 24.6 Å². The lowest BCUT2D eigenvalue weighted by molar-refractivity contribution is -0.113. The Kier molecular flexibility index (Phi) is 6.45. The van der Waals surface area contributed by atoms with Crippen LogP contribution in [0.3, 0.4) is 0 Å². The first-order valence-corrected chi connectivity index (χ1v) is 9.20. The van der Waals surface area contributed by atoms with Crippen LogP contribution in [0.2, 0.25) is 0 Å². The van der Waals surface area contributed by atoms with Gasteiger partial charge in [0.2, 0.25) is 5.91 Å². The van der Waals surface area contributed by atoms with E-state index in [1.54, 1.807) is 31.3 Å². The number of halogens is 1. The van der Waals surface area contributed by atoms with Crippen molar-refractivity contribution in [1.82, 2.24) is 5.32 Å². The minimum Gasteiger partial charge on any atom is -0.355 e. The summed E-state index contributed by atoms with van der Waals surface area (Å²) in [6, 6.07) is 11.0. The van der Waals surface area contributed by atoms with E-state index in [1.165, 1.54) is 11.8 Å². The summed E-state index contributed by atoms with van der Waals surface area (Å²) in [6.45, 7) is 4.05. The molecule has 2 aromatic rings. The average Bonchev–Trinajstić information content (AvgIpc) is 2.56. The first kappa shape index (κ1) is 18.5. The quantitative estimate of drug-likeness (QED) is 0.732. The fourth-order valence-electron chi connectivity index (χ4n) is 2.13. The molecular formula is C18H19BrN2O2S. The van der Waals surface area contributed by atoms with Crippen LogP contribution in [0.1, 0.15) is 21.5 Å². The number of carbonyl (C=O) groups excluding carboxylic acids is 2. The Morgan fingerprint density at radius 2 is 1.88 bits per heavy atom. The minimum absolute atomic E-state index is 0.103. The van der Waals surface area contributed by atoms with Gasteiger partial charge in [-0.15, -0.1) is 11.8 Å². The molecule has 126 valence electrons. The predicted molar refractivity (Wildman–Crippen MR) is 103 cm³/mol. The van der Waals surface area contributed by atoms with Crippen molar-refractivity contribution in [3.8, 4) is 0 Å². The molecule has 0 aliphatic rings. The maximum absolute atomic E-state index is 12.2. The second-order valence-corrected chi connectivity index (χ2v) is 7.24. The van der Waals surface area contributed by atoms with Crippen molar-refractivity contribution in [3.05, 3.63) is 57.6 Å². The molecule has 0 aliphatic carbocycles. The molecule has 4 nitrogen and oxygen atoms in total. The zero-order chi connectivity index (χ0) is 17.7. The standard InChI is InChI=1S/C18H19BrN2O2S/c1-11-8-16(12(2)7-15(11)19)24-10-17(22)21-14-6-4-5-13(9-14)18(23)20-3/h4-9H,10H2,1-3H3,(H,20,23)(H,21,22). The van der Waals surface area contributed by atoms with Crippen LogP contribution in [0.25, 0.3) is 0 Å². The second kappa shape index (κ2) is 8.35. The molecule has 0 spiro atoms. The van der Waals surface area contributed by atoms with Crippen LogP contribution in [0, 0.1) is 13.8 Å². The Morgan fingerprint density at radius 3 is 2.58 bits per heavy atom. The summed E-state index contributed by atoms with van der Waals surface area (Å²) in [4.78, 5) is 24.9. The van der Waals surface area contributed by atoms with Crippen molar-refractivity contribution in [2.24, 2.45) is 0 Å². The molecule has 2 rings (SSSR count). The number of amides is 2. The normalized spacial score (nSPS) is 10.3. The van der Waals surface area contributed by atoms with Gasteiger partial charge in [-0.2, -0.15) is 0 Å². The molecule has 0 aromatic heterocycles. The van der Waals surface area contributed by atoms with Crippen molar-refractivity contribution >= 4 is 45.2 Å². The Balaban J connectivity index is 1.99. The fraction of sp³-hybridized carbons (Fsp3) is 0.222. The molecule has 0 bridgehead atoms. The molecule has 6 heteroatoms. The third-order valence-electron chi connectivity index (χ3n) is 3.45. The largest absolute Gasteiger partial charge is 0.355 e. The van der Waals surface area contributed by atoms with Crippen molar-refractivity contribution < 1.29 is 9.59 Å². The molecule has 0 radical (unpaired) electrons. The number of anilines is 1. The zero-order valence-electron chi connectivity index (χ0n) is 13.8. The van der Waals surface area contributed by atoms with E-state index in [0.29, 0.717) is 17.0 Å². The summed E-state index contributed by atoms with van der Waals surface area (Å²) in [6.07, 6.45) is 0. The Labute approximate surface area is 154 Å². The van der Waals surface area contributed by atoms with Gasteiger partial charge in [-0.3, -0.25) is 9.59 Å². The van der Waals surface area contributed by atoms with Crippen molar-refractivity contribution in [1.29, 1.82) is 0 Å². The molecule has 0 unspecified atom stereocenters. The molecule has 0 saturated carbocycles. The van der Waals surface area contributed by atoms with Gasteiger partial charge >= 0.3 is 0 Å². The fourth-order valence-corrected chi connectivity index (χ4v) is 3.50. The average molecular weight is 407 g/mol. The Hall–Kier alpha value is -1.79. The van der Waals surface area contributed by atoms with Crippen LogP contribution in [0.4, 0.5) is 5.69 Å². The van der Waals surface area contributed by atoms with Gasteiger partial charge in [-0.25, -0.2) is 0 Å². The number of hydrogen-bond donors (Lipinski definition) is 2. The first-order valence-electron chi connectivity index (χ1n) is 7.42. The maximum atomic E-state index is 12.2. The van der Waals surface area contributed by atoms with E-state index in [9.17, 15) is 9.59 Å². The lowest BCUT2D eigenvalue weighted by Crippen LogP contribution is -2.19. The van der Waals surface area contributed by atoms with Crippen molar-refractivity contribution in [2.75, 3.05) is 18.1 Å². The summed E-state index contributed by atoms with van der Waals surface area (Å²) < 4.78 is 1.07. The third kappa shape index (κ3) is 4.85. The highest BCUT2D eigenvalue weighted by Gasteiger charge is 2.09. The number of aryl methyl sites for hydroxylation is 2. The van der Waals surface area contributed by atoms with Gasteiger partial charge < -0.3 is 10.6 Å². The summed E-state index contributed by atoms with van der Waals surface area (Å²) in [5.41, 5.74) is 3.40. The lowest BCUT2D eigenvalue weighted by Gasteiger charge is -2.10. The lowest BCUT2D eigenvalue weighted by atomic mass is 10.2. The maximum Gasteiger partial charge on any atom is 0.251 e. The van der Waals surface area contributed by atoms with Crippen molar-refractivity contribution in [2.45, 2.75) is 18.7 Å². The number of carbonyl (C=O) groups is 2. The summed E-state index contributed by atoms with van der Waals surface area (Å²) in [7, 11) is 1.58. The number of nitrogens with one attached hydrogen (secondary N) is 2. The number of rotatable bonds is 5. The van der Waals surface area contributed by atoms with E-state index in [1.807, 2.05) is 13.8 Å². The predicted octanol–water partition coefficient (Wildman–Crippen LogP) is 4.16. The topological polar surface area (TPSA) is 58.2 Å². The van der Waals surface area contributed by atoms with Crippen LogP contribution in [0.15, 0.2) is 45.8 Å². The van der Waals surface area contributed by atoms with E-state index in [2.05, 4.69) is 38.7 Å². The molecule has 0 atom stereocenters. The number of thioether (sulfide) groups is 1. The molecule has 0 fully saturated rings. The van der Waals surface area contributed by atoms with Crippen LogP contribution in [-0.2, 0) is 4.79 Å². The highest BCUT2D eigenvalue weighted by atomic mass is 79.9. The summed E-state index contributed by atoms with van der Waals surface area (Å²) in [5.74, 6) is 0.0296. The molecular weight excluding hydrogens is 388 g/mol. The first-order chi connectivity index (χ1) is 11.4. The molecule has 24 heavy (non-hydrogen) atoms. The SMILES string of the molecule is CNC(=O)c1cccc(NC(=O)CSc2cc(C)c(Br)cc2C)c1. The molecule has 0 heterocycles. The number of benzene rings is 2. The highest BCUT2D eigenvalue weighted by Crippen LogP contribution is 2.28. The van der Waals surface area contributed by atoms with Gasteiger partial charge in [0.05, 0.1) is 5.75 Å². The van der Waals surface area contributed by atoms with E-state index >= 15 is 0 Å². The van der Waals surface area contributed by atoms with Crippen LogP contribution >= 0.6 is 27.7 Å². The summed E-state index contributed by atoms with van der Waals surface area (Å²) in [5, 5.41) is 5.39. The van der Waals surface area contributed by atoms with Crippen LogP contribution < -0.4 is 10.6 Å². The molecule has 2 N–H and O–H groups in total. The van der Waals surface area contributed by atoms with Crippen LogP contribution in [0.5, 0.6) is 0 Å². The van der Waals surface area contributed by atoms with Crippen molar-refractivity contribution in [3.63, 3.8) is 0 Å². The van der Waals surface area contributed by atoms with Gasteiger partial charge in [0.25, 0.3) is 5.91 Å². The molecule has 0 saturated heterocycles. The zero-order valence-corrected chi connectivity index (χ0v) is 16.2. The van der Waals surface area contributed by atoms with Gasteiger partial charge in [0, 0.05) is 27.7 Å². The monoisotopic (exact) mass is 406 g/mol. The molecule has 0 aliphatic heterocycles. The smallest absolute Gasteiger partial charge is 0.251 e. The van der Waals surface area contributed by atoms with E-state index in [0.717, 1.165) is 20.5 Å². The Bertz CT molecular complexity index is 778. The third-order valence-corrected chi connectivity index (χ3v) is 5.46. The van der Waals surface area contributed by atoms with E-state index < -0.39 is 0 Å².